The summed E-state index contributed by atoms with van der Waals surface area (Å²) in [5.74, 6) is -0.00686. The predicted octanol–water partition coefficient (Wildman–Crippen LogP) is 4.50. The molecule has 34 heavy (non-hydrogen) atoms. The molecule has 2 aromatic heterocycles. The van der Waals surface area contributed by atoms with E-state index in [4.69, 9.17) is 4.74 Å². The minimum atomic E-state index is -0.451. The van der Waals surface area contributed by atoms with Crippen molar-refractivity contribution in [2.24, 2.45) is 0 Å². The highest BCUT2D eigenvalue weighted by molar-refractivity contribution is 7.99. The Balaban J connectivity index is 1.48. The first kappa shape index (κ1) is 23.7. The summed E-state index contributed by atoms with van der Waals surface area (Å²) in [6.07, 6.45) is 0. The van der Waals surface area contributed by atoms with Gasteiger partial charge in [0.1, 0.15) is 10.6 Å². The maximum atomic E-state index is 12.5. The Bertz CT molecular complexity index is 1360. The number of hydrogen-bond donors (Lipinski definition) is 2. The Morgan fingerprint density at radius 2 is 1.91 bits per heavy atom. The summed E-state index contributed by atoms with van der Waals surface area (Å²) in [5, 5.41) is 24.6. The van der Waals surface area contributed by atoms with E-state index in [-0.39, 0.29) is 24.0 Å². The smallest absolute Gasteiger partial charge is 0.350 e. The zero-order valence-electron chi connectivity index (χ0n) is 18.9. The number of aromatic nitrogens is 4. The molecular formula is C23H23N5O4S2. The van der Waals surface area contributed by atoms with Gasteiger partial charge in [0.05, 0.1) is 23.6 Å². The third-order valence-electron chi connectivity index (χ3n) is 4.97. The van der Waals surface area contributed by atoms with E-state index in [1.807, 2.05) is 41.8 Å². The molecule has 0 saturated carbocycles. The van der Waals surface area contributed by atoms with Crippen LogP contribution in [0.4, 0.5) is 5.13 Å². The number of carbonyl (C=O) groups is 2. The summed E-state index contributed by atoms with van der Waals surface area (Å²) >= 11 is 2.31. The van der Waals surface area contributed by atoms with Gasteiger partial charge in [-0.1, -0.05) is 47.4 Å². The summed E-state index contributed by atoms with van der Waals surface area (Å²) in [6, 6.07) is 11.4. The molecule has 9 nitrogen and oxygen atoms in total. The van der Waals surface area contributed by atoms with E-state index >= 15 is 0 Å². The number of carbonyl (C=O) groups excluding carboxylic acids is 2. The van der Waals surface area contributed by atoms with Crippen LogP contribution in [0.2, 0.25) is 0 Å². The van der Waals surface area contributed by atoms with Gasteiger partial charge in [-0.05, 0) is 43.7 Å². The van der Waals surface area contributed by atoms with Crippen LogP contribution in [0.3, 0.4) is 0 Å². The van der Waals surface area contributed by atoms with Crippen molar-refractivity contribution < 1.29 is 19.4 Å². The lowest BCUT2D eigenvalue weighted by molar-refractivity contribution is -0.113. The molecule has 176 valence electrons. The van der Waals surface area contributed by atoms with Gasteiger partial charge in [0.15, 0.2) is 16.1 Å². The number of esters is 1. The zero-order chi connectivity index (χ0) is 24.2. The van der Waals surface area contributed by atoms with Crippen molar-refractivity contribution in [3.8, 4) is 17.1 Å². The lowest BCUT2D eigenvalue weighted by Gasteiger charge is -2.10. The number of phenolic OH excluding ortho intramolecular Hbond substituents is 1. The molecule has 1 amide bonds. The molecule has 0 saturated heterocycles. The van der Waals surface area contributed by atoms with Crippen molar-refractivity contribution in [3.63, 3.8) is 0 Å². The van der Waals surface area contributed by atoms with Crippen LogP contribution in [0.15, 0.2) is 41.6 Å². The van der Waals surface area contributed by atoms with Crippen LogP contribution in [-0.4, -0.2) is 49.1 Å². The molecule has 0 unspecified atom stereocenters. The van der Waals surface area contributed by atoms with Crippen LogP contribution in [0.1, 0.15) is 29.2 Å². The molecule has 0 aliphatic heterocycles. The Morgan fingerprint density at radius 3 is 2.62 bits per heavy atom. The average molecular weight is 498 g/mol. The average Bonchev–Trinajstić information content (AvgIpc) is 3.39. The van der Waals surface area contributed by atoms with Gasteiger partial charge in [-0.15, -0.1) is 10.2 Å². The number of benzene rings is 2. The molecule has 4 rings (SSSR count). The van der Waals surface area contributed by atoms with Gasteiger partial charge in [-0.2, -0.15) is 0 Å². The number of anilines is 1. The molecule has 0 spiro atoms. The monoisotopic (exact) mass is 497 g/mol. The third kappa shape index (κ3) is 4.90. The van der Waals surface area contributed by atoms with Crippen LogP contribution in [0.25, 0.3) is 22.2 Å². The largest absolute Gasteiger partial charge is 0.507 e. The minimum Gasteiger partial charge on any atom is -0.507 e. The highest BCUT2D eigenvalue weighted by Crippen LogP contribution is 2.34. The maximum Gasteiger partial charge on any atom is 0.350 e. The number of hydrogen-bond acceptors (Lipinski definition) is 9. The summed E-state index contributed by atoms with van der Waals surface area (Å²) in [7, 11) is 0. The van der Waals surface area contributed by atoms with Gasteiger partial charge in [0, 0.05) is 6.54 Å². The topological polar surface area (TPSA) is 119 Å². The quantitative estimate of drug-likeness (QED) is 0.270. The van der Waals surface area contributed by atoms with Gasteiger partial charge in [-0.25, -0.2) is 9.78 Å². The van der Waals surface area contributed by atoms with Crippen LogP contribution in [0, 0.1) is 6.92 Å². The van der Waals surface area contributed by atoms with E-state index in [0.717, 1.165) is 22.1 Å². The number of fused-ring (bicyclic) bond motifs is 1. The van der Waals surface area contributed by atoms with E-state index < -0.39 is 5.97 Å². The van der Waals surface area contributed by atoms with E-state index in [1.54, 1.807) is 19.9 Å². The van der Waals surface area contributed by atoms with Crippen molar-refractivity contribution in [3.05, 3.63) is 47.0 Å². The lowest BCUT2D eigenvalue weighted by Crippen LogP contribution is -2.14. The Labute approximate surface area is 204 Å². The van der Waals surface area contributed by atoms with Gasteiger partial charge in [0.2, 0.25) is 5.91 Å². The van der Waals surface area contributed by atoms with Gasteiger partial charge in [-0.3, -0.25) is 4.79 Å². The number of rotatable bonds is 8. The van der Waals surface area contributed by atoms with Crippen molar-refractivity contribution in [2.75, 3.05) is 17.7 Å². The summed E-state index contributed by atoms with van der Waals surface area (Å²) < 4.78 is 6.86. The van der Waals surface area contributed by atoms with Crippen molar-refractivity contribution in [1.29, 1.82) is 0 Å². The molecule has 2 N–H and O–H groups in total. The molecule has 0 aliphatic carbocycles. The van der Waals surface area contributed by atoms with Crippen LogP contribution < -0.4 is 5.32 Å². The lowest BCUT2D eigenvalue weighted by atomic mass is 10.1. The summed E-state index contributed by atoms with van der Waals surface area (Å²) in [6.45, 7) is 6.21. The van der Waals surface area contributed by atoms with Crippen molar-refractivity contribution in [2.45, 2.75) is 32.5 Å². The first-order valence-electron chi connectivity index (χ1n) is 10.6. The number of aryl methyl sites for hydroxylation is 1. The molecule has 0 radical (unpaired) electrons. The number of phenols is 1. The number of nitrogens with one attached hydrogen (secondary N) is 1. The number of thioether (sulfide) groups is 1. The molecule has 0 aliphatic rings. The van der Waals surface area contributed by atoms with Gasteiger partial charge < -0.3 is 19.7 Å². The maximum absolute atomic E-state index is 12.5. The van der Waals surface area contributed by atoms with Crippen LogP contribution in [-0.2, 0) is 16.1 Å². The minimum absolute atomic E-state index is 0.0786. The highest BCUT2D eigenvalue weighted by Gasteiger charge is 2.20. The Hall–Kier alpha value is -3.44. The fraction of sp³-hybridized carbons (Fsp3) is 0.261. The normalized spacial score (nSPS) is 11.0. The Morgan fingerprint density at radius 1 is 1.18 bits per heavy atom. The first-order valence-corrected chi connectivity index (χ1v) is 12.4. The second-order valence-corrected chi connectivity index (χ2v) is 9.20. The highest BCUT2D eigenvalue weighted by atomic mass is 32.2. The number of ether oxygens (including phenoxy) is 1. The van der Waals surface area contributed by atoms with E-state index in [2.05, 4.69) is 20.5 Å². The molecule has 2 heterocycles. The van der Waals surface area contributed by atoms with Gasteiger partial charge >= 0.3 is 5.97 Å². The Kier molecular flexibility index (Phi) is 7.13. The number of aromatic hydroxyl groups is 1. The van der Waals surface area contributed by atoms with Gasteiger partial charge in [0.25, 0.3) is 0 Å². The molecular weight excluding hydrogens is 474 g/mol. The first-order chi connectivity index (χ1) is 16.4. The SMILES string of the molecule is CCOC(=O)c1sc(NC(=O)CSc2nnc(-c3cc4ccccc4cc3O)n2CC)nc1C. The fourth-order valence-corrected chi connectivity index (χ4v) is 5.09. The number of nitrogens with zero attached hydrogens (tertiary/aromatic N) is 4. The molecule has 4 aromatic rings. The molecule has 0 atom stereocenters. The summed E-state index contributed by atoms with van der Waals surface area (Å²) in [5.41, 5.74) is 1.09. The second-order valence-electron chi connectivity index (χ2n) is 7.26. The molecule has 2 aromatic carbocycles. The molecule has 0 bridgehead atoms. The third-order valence-corrected chi connectivity index (χ3v) is 6.99. The van der Waals surface area contributed by atoms with Crippen molar-refractivity contribution in [1.82, 2.24) is 19.7 Å². The fourth-order valence-electron chi connectivity index (χ4n) is 3.41. The predicted molar refractivity (Wildman–Crippen MR) is 132 cm³/mol. The summed E-state index contributed by atoms with van der Waals surface area (Å²) in [4.78, 5) is 29.1. The van der Waals surface area contributed by atoms with E-state index in [9.17, 15) is 14.7 Å². The number of thiazole rings is 1. The van der Waals surface area contributed by atoms with Crippen molar-refractivity contribution >= 4 is 50.9 Å². The standard InChI is InChI=1S/C23H23N5O4S2/c1-4-28-20(16-10-14-8-6-7-9-15(14)11-17(16)29)26-27-23(28)33-12-18(30)25-22-24-13(3)19(34-22)21(31)32-5-2/h6-11,29H,4-5,12H2,1-3H3,(H,24,25,30). The molecule has 0 fully saturated rings. The van der Waals surface area contributed by atoms with Crippen LogP contribution in [0.5, 0.6) is 5.75 Å². The van der Waals surface area contributed by atoms with E-state index in [0.29, 0.717) is 38.8 Å². The van der Waals surface area contributed by atoms with Crippen LogP contribution >= 0.6 is 23.1 Å². The number of amides is 1. The molecule has 11 heteroatoms. The van der Waals surface area contributed by atoms with E-state index in [1.165, 1.54) is 11.8 Å². The second kappa shape index (κ2) is 10.2. The zero-order valence-corrected chi connectivity index (χ0v) is 20.5.